The van der Waals surface area contributed by atoms with E-state index in [4.69, 9.17) is 4.74 Å². The molecule has 0 amide bonds. The zero-order chi connectivity index (χ0) is 11.6. The van der Waals surface area contributed by atoms with Crippen molar-refractivity contribution >= 4 is 0 Å². The Morgan fingerprint density at radius 3 is 2.19 bits per heavy atom. The Bertz CT molecular complexity index is 156. The van der Waals surface area contributed by atoms with Crippen LogP contribution in [-0.2, 0) is 4.74 Å². The molecular weight excluding hydrogens is 200 g/mol. The first kappa shape index (κ1) is 13.9. The maximum atomic E-state index is 5.33. The summed E-state index contributed by atoms with van der Waals surface area (Å²) >= 11 is 0. The van der Waals surface area contributed by atoms with Crippen molar-refractivity contribution in [2.45, 2.75) is 33.1 Å². The molecular formula is C13H28N2O. The van der Waals surface area contributed by atoms with Crippen molar-refractivity contribution in [2.24, 2.45) is 0 Å². The van der Waals surface area contributed by atoms with Gasteiger partial charge >= 0.3 is 0 Å². The molecule has 96 valence electrons. The second-order valence-electron chi connectivity index (χ2n) is 4.53. The maximum Gasteiger partial charge on any atom is 0.0465 e. The van der Waals surface area contributed by atoms with E-state index in [0.717, 1.165) is 13.2 Å². The summed E-state index contributed by atoms with van der Waals surface area (Å²) in [6, 6.07) is 0. The number of nitrogens with zero attached hydrogens (tertiary/aromatic N) is 2. The Morgan fingerprint density at radius 1 is 0.875 bits per heavy atom. The topological polar surface area (TPSA) is 15.7 Å². The van der Waals surface area contributed by atoms with Crippen molar-refractivity contribution in [1.29, 1.82) is 0 Å². The largest absolute Gasteiger partial charge is 0.382 e. The van der Waals surface area contributed by atoms with Crippen molar-refractivity contribution in [3.05, 3.63) is 0 Å². The van der Waals surface area contributed by atoms with Crippen molar-refractivity contribution in [3.63, 3.8) is 0 Å². The molecule has 0 bridgehead atoms. The van der Waals surface area contributed by atoms with Gasteiger partial charge in [0.15, 0.2) is 0 Å². The number of hydrogen-bond acceptors (Lipinski definition) is 3. The molecule has 0 unspecified atom stereocenters. The van der Waals surface area contributed by atoms with Gasteiger partial charge in [0, 0.05) is 39.4 Å². The average molecular weight is 228 g/mol. The van der Waals surface area contributed by atoms with Gasteiger partial charge in [-0.3, -0.25) is 0 Å². The van der Waals surface area contributed by atoms with E-state index in [-0.39, 0.29) is 0 Å². The van der Waals surface area contributed by atoms with E-state index in [1.165, 1.54) is 58.5 Å². The minimum atomic E-state index is 0.860. The maximum absolute atomic E-state index is 5.33. The molecule has 0 aliphatic carbocycles. The smallest absolute Gasteiger partial charge is 0.0465 e. The minimum Gasteiger partial charge on any atom is -0.382 e. The lowest BCUT2D eigenvalue weighted by Crippen LogP contribution is -2.46. The van der Waals surface area contributed by atoms with Gasteiger partial charge in [-0.25, -0.2) is 0 Å². The molecule has 0 aromatic rings. The first-order valence-electron chi connectivity index (χ1n) is 6.89. The van der Waals surface area contributed by atoms with Crippen LogP contribution in [0.25, 0.3) is 0 Å². The predicted molar refractivity (Wildman–Crippen MR) is 68.9 cm³/mol. The van der Waals surface area contributed by atoms with Crippen LogP contribution in [0.15, 0.2) is 0 Å². The van der Waals surface area contributed by atoms with Gasteiger partial charge in [-0.05, 0) is 39.3 Å². The quantitative estimate of drug-likeness (QED) is 0.590. The summed E-state index contributed by atoms with van der Waals surface area (Å²) in [6.45, 7) is 13.7. The number of ether oxygens (including phenoxy) is 1. The Balaban J connectivity index is 1.90. The SMILES string of the molecule is CCOCCCCCN1CCN(CC)CC1. The minimum absolute atomic E-state index is 0.860. The van der Waals surface area contributed by atoms with Crippen molar-refractivity contribution in [3.8, 4) is 0 Å². The highest BCUT2D eigenvalue weighted by Crippen LogP contribution is 2.04. The molecule has 16 heavy (non-hydrogen) atoms. The molecule has 1 heterocycles. The van der Waals surface area contributed by atoms with Gasteiger partial charge in [-0.1, -0.05) is 6.92 Å². The molecule has 1 saturated heterocycles. The lowest BCUT2D eigenvalue weighted by atomic mass is 10.2. The molecule has 0 radical (unpaired) electrons. The zero-order valence-corrected chi connectivity index (χ0v) is 11.1. The third-order valence-corrected chi connectivity index (χ3v) is 3.38. The van der Waals surface area contributed by atoms with Gasteiger partial charge in [-0.2, -0.15) is 0 Å². The first-order chi connectivity index (χ1) is 7.86. The highest BCUT2D eigenvalue weighted by molar-refractivity contribution is 4.70. The van der Waals surface area contributed by atoms with Crippen LogP contribution < -0.4 is 0 Å². The third-order valence-electron chi connectivity index (χ3n) is 3.38. The second kappa shape index (κ2) is 8.97. The summed E-state index contributed by atoms with van der Waals surface area (Å²) < 4.78 is 5.33. The fourth-order valence-electron chi connectivity index (χ4n) is 2.19. The van der Waals surface area contributed by atoms with E-state index < -0.39 is 0 Å². The summed E-state index contributed by atoms with van der Waals surface area (Å²) in [5.74, 6) is 0. The molecule has 0 spiro atoms. The van der Waals surface area contributed by atoms with Crippen LogP contribution in [0.2, 0.25) is 0 Å². The Hall–Kier alpha value is -0.120. The Morgan fingerprint density at radius 2 is 1.56 bits per heavy atom. The van der Waals surface area contributed by atoms with Crippen LogP contribution in [-0.4, -0.2) is 62.3 Å². The number of rotatable bonds is 8. The summed E-state index contributed by atoms with van der Waals surface area (Å²) in [5, 5.41) is 0. The van der Waals surface area contributed by atoms with Gasteiger partial charge < -0.3 is 14.5 Å². The van der Waals surface area contributed by atoms with Crippen LogP contribution in [0.1, 0.15) is 33.1 Å². The summed E-state index contributed by atoms with van der Waals surface area (Å²) in [7, 11) is 0. The summed E-state index contributed by atoms with van der Waals surface area (Å²) in [5.41, 5.74) is 0. The molecule has 1 aliphatic heterocycles. The predicted octanol–water partition coefficient (Wildman–Crippen LogP) is 1.83. The number of hydrogen-bond donors (Lipinski definition) is 0. The van der Waals surface area contributed by atoms with Crippen molar-refractivity contribution in [1.82, 2.24) is 9.80 Å². The lowest BCUT2D eigenvalue weighted by Gasteiger charge is -2.33. The fourth-order valence-corrected chi connectivity index (χ4v) is 2.19. The van der Waals surface area contributed by atoms with E-state index in [9.17, 15) is 0 Å². The Labute approximate surface area is 101 Å². The average Bonchev–Trinajstić information content (AvgIpc) is 2.34. The van der Waals surface area contributed by atoms with Crippen LogP contribution in [0.4, 0.5) is 0 Å². The van der Waals surface area contributed by atoms with E-state index in [1.807, 2.05) is 0 Å². The highest BCUT2D eigenvalue weighted by atomic mass is 16.5. The van der Waals surface area contributed by atoms with Crippen LogP contribution in [0, 0.1) is 0 Å². The normalized spacial score (nSPS) is 19.1. The van der Waals surface area contributed by atoms with Gasteiger partial charge in [0.05, 0.1) is 0 Å². The molecule has 0 aromatic carbocycles. The van der Waals surface area contributed by atoms with Crippen molar-refractivity contribution in [2.75, 3.05) is 52.5 Å². The number of likely N-dealkylation sites (N-methyl/N-ethyl adjacent to an activating group) is 1. The molecule has 0 N–H and O–H groups in total. The molecule has 1 fully saturated rings. The van der Waals surface area contributed by atoms with Crippen LogP contribution in [0.5, 0.6) is 0 Å². The van der Waals surface area contributed by atoms with Gasteiger partial charge in [-0.15, -0.1) is 0 Å². The zero-order valence-electron chi connectivity index (χ0n) is 11.1. The second-order valence-corrected chi connectivity index (χ2v) is 4.53. The first-order valence-corrected chi connectivity index (χ1v) is 6.89. The molecule has 0 saturated carbocycles. The van der Waals surface area contributed by atoms with Crippen LogP contribution >= 0.6 is 0 Å². The third kappa shape index (κ3) is 5.83. The lowest BCUT2D eigenvalue weighted by molar-refractivity contribution is 0.128. The fraction of sp³-hybridized carbons (Fsp3) is 1.00. The molecule has 3 heteroatoms. The standard InChI is InChI=1S/C13H28N2O/c1-3-14-9-11-15(12-10-14)8-6-5-7-13-16-4-2/h3-13H2,1-2H3. The van der Waals surface area contributed by atoms with E-state index >= 15 is 0 Å². The summed E-state index contributed by atoms with van der Waals surface area (Å²) in [6.07, 6.45) is 3.87. The molecule has 1 aliphatic rings. The van der Waals surface area contributed by atoms with Gasteiger partial charge in [0.25, 0.3) is 0 Å². The highest BCUT2D eigenvalue weighted by Gasteiger charge is 2.14. The van der Waals surface area contributed by atoms with E-state index in [2.05, 4.69) is 23.6 Å². The van der Waals surface area contributed by atoms with E-state index in [0.29, 0.717) is 0 Å². The number of unbranched alkanes of at least 4 members (excludes halogenated alkanes) is 2. The van der Waals surface area contributed by atoms with Gasteiger partial charge in [0.1, 0.15) is 0 Å². The van der Waals surface area contributed by atoms with Crippen molar-refractivity contribution < 1.29 is 4.74 Å². The molecule has 1 rings (SSSR count). The number of piperazine rings is 1. The monoisotopic (exact) mass is 228 g/mol. The molecule has 3 nitrogen and oxygen atoms in total. The van der Waals surface area contributed by atoms with Gasteiger partial charge in [0.2, 0.25) is 0 Å². The molecule has 0 aromatic heterocycles. The summed E-state index contributed by atoms with van der Waals surface area (Å²) in [4.78, 5) is 5.14. The molecule has 0 atom stereocenters. The van der Waals surface area contributed by atoms with E-state index in [1.54, 1.807) is 0 Å². The van der Waals surface area contributed by atoms with Crippen LogP contribution in [0.3, 0.4) is 0 Å². The Kier molecular flexibility index (Phi) is 7.81.